The molecular weight excluding hydrogens is 313 g/mol. The Morgan fingerprint density at radius 2 is 2.04 bits per heavy atom. The highest BCUT2D eigenvalue weighted by molar-refractivity contribution is 5.45. The molecular formula is C18H18FNO4. The van der Waals surface area contributed by atoms with E-state index in [1.165, 1.54) is 24.5 Å². The van der Waals surface area contributed by atoms with Crippen molar-refractivity contribution < 1.29 is 19.0 Å². The van der Waals surface area contributed by atoms with Crippen molar-refractivity contribution >= 4 is 6.47 Å². The van der Waals surface area contributed by atoms with Crippen LogP contribution in [0, 0.1) is 5.82 Å². The van der Waals surface area contributed by atoms with E-state index >= 15 is 0 Å². The molecule has 1 fully saturated rings. The van der Waals surface area contributed by atoms with Crippen LogP contribution in [0.5, 0.6) is 11.5 Å². The van der Waals surface area contributed by atoms with Gasteiger partial charge in [-0.1, -0.05) is 25.0 Å². The van der Waals surface area contributed by atoms with E-state index in [0.717, 1.165) is 31.2 Å². The number of nitrogens with zero attached hydrogens (tertiary/aromatic N) is 1. The maximum Gasteiger partial charge on any atom is 0.298 e. The number of hydrogen-bond acceptors (Lipinski definition) is 4. The van der Waals surface area contributed by atoms with Gasteiger partial charge in [0, 0.05) is 12.0 Å². The lowest BCUT2D eigenvalue weighted by Crippen LogP contribution is -2.29. The van der Waals surface area contributed by atoms with Crippen molar-refractivity contribution in [1.82, 2.24) is 4.57 Å². The third-order valence-electron chi connectivity index (χ3n) is 4.69. The molecule has 0 aliphatic heterocycles. The predicted octanol–water partition coefficient (Wildman–Crippen LogP) is 2.74. The molecule has 3 rings (SSSR count). The molecule has 0 bridgehead atoms. The van der Waals surface area contributed by atoms with Gasteiger partial charge in [0.2, 0.25) is 0 Å². The second-order valence-electron chi connectivity index (χ2n) is 6.22. The molecule has 6 heteroatoms. The summed E-state index contributed by atoms with van der Waals surface area (Å²) in [4.78, 5) is 22.3. The zero-order valence-electron chi connectivity index (χ0n) is 13.1. The van der Waals surface area contributed by atoms with Gasteiger partial charge in [0.1, 0.15) is 5.82 Å². The van der Waals surface area contributed by atoms with Crippen LogP contribution in [0.15, 0.2) is 41.5 Å². The van der Waals surface area contributed by atoms with Gasteiger partial charge in [-0.05, 0) is 30.5 Å². The molecule has 5 nitrogen and oxygen atoms in total. The fraction of sp³-hybridized carbons (Fsp3) is 0.333. The van der Waals surface area contributed by atoms with Crippen LogP contribution < -0.4 is 10.2 Å². The van der Waals surface area contributed by atoms with Crippen molar-refractivity contribution in [3.63, 3.8) is 0 Å². The van der Waals surface area contributed by atoms with E-state index in [0.29, 0.717) is 6.54 Å². The van der Waals surface area contributed by atoms with Gasteiger partial charge in [0.15, 0.2) is 11.5 Å². The predicted molar refractivity (Wildman–Crippen MR) is 85.6 cm³/mol. The third kappa shape index (κ3) is 3.04. The summed E-state index contributed by atoms with van der Waals surface area (Å²) in [5, 5.41) is 9.79. The Morgan fingerprint density at radius 1 is 1.29 bits per heavy atom. The lowest BCUT2D eigenvalue weighted by Gasteiger charge is -2.31. The number of carbonyl (C=O) groups is 1. The third-order valence-corrected chi connectivity index (χ3v) is 4.69. The molecule has 1 N–H and O–H groups in total. The molecule has 2 aromatic rings. The molecule has 0 spiro atoms. The molecule has 0 unspecified atom stereocenters. The number of ether oxygens (including phenoxy) is 1. The van der Waals surface area contributed by atoms with Gasteiger partial charge in [-0.2, -0.15) is 0 Å². The smallest absolute Gasteiger partial charge is 0.298 e. The monoisotopic (exact) mass is 331 g/mol. The fourth-order valence-corrected chi connectivity index (χ4v) is 3.57. The lowest BCUT2D eigenvalue weighted by atomic mass is 9.78. The van der Waals surface area contributed by atoms with E-state index in [1.807, 2.05) is 6.07 Å². The topological polar surface area (TPSA) is 68.5 Å². The molecule has 24 heavy (non-hydrogen) atoms. The molecule has 1 aliphatic rings. The first-order chi connectivity index (χ1) is 11.5. The zero-order valence-corrected chi connectivity index (χ0v) is 13.1. The van der Waals surface area contributed by atoms with Crippen molar-refractivity contribution in [2.24, 2.45) is 0 Å². The van der Waals surface area contributed by atoms with E-state index < -0.39 is 11.2 Å². The minimum absolute atomic E-state index is 0.151. The SMILES string of the molecule is O=COc1cn(CC2(c3cccc(F)c3)CCCC2)cc(O)c1=O. The van der Waals surface area contributed by atoms with Gasteiger partial charge in [-0.15, -0.1) is 0 Å². The van der Waals surface area contributed by atoms with Crippen molar-refractivity contribution in [2.45, 2.75) is 37.6 Å². The largest absolute Gasteiger partial charge is 0.503 e. The fourth-order valence-electron chi connectivity index (χ4n) is 3.57. The first-order valence-corrected chi connectivity index (χ1v) is 7.83. The van der Waals surface area contributed by atoms with Crippen molar-refractivity contribution in [2.75, 3.05) is 0 Å². The van der Waals surface area contributed by atoms with E-state index in [2.05, 4.69) is 4.74 Å². The molecule has 0 saturated heterocycles. The maximum atomic E-state index is 13.7. The minimum Gasteiger partial charge on any atom is -0.503 e. The maximum absolute atomic E-state index is 13.7. The first kappa shape index (κ1) is 16.2. The Morgan fingerprint density at radius 3 is 2.71 bits per heavy atom. The summed E-state index contributed by atoms with van der Waals surface area (Å²) in [6.45, 7) is 0.609. The second-order valence-corrected chi connectivity index (χ2v) is 6.22. The number of aromatic nitrogens is 1. The Kier molecular flexibility index (Phi) is 4.38. The summed E-state index contributed by atoms with van der Waals surface area (Å²) < 4.78 is 19.9. The van der Waals surface area contributed by atoms with Crippen LogP contribution in [0.4, 0.5) is 4.39 Å². The quantitative estimate of drug-likeness (QED) is 0.856. The normalized spacial score (nSPS) is 16.0. The highest BCUT2D eigenvalue weighted by Gasteiger charge is 2.36. The Hall–Kier alpha value is -2.63. The minimum atomic E-state index is -0.732. The average molecular weight is 331 g/mol. The molecule has 0 atom stereocenters. The molecule has 1 aromatic heterocycles. The van der Waals surface area contributed by atoms with Crippen LogP contribution in [0.25, 0.3) is 0 Å². The van der Waals surface area contributed by atoms with E-state index in [1.54, 1.807) is 10.6 Å². The van der Waals surface area contributed by atoms with Gasteiger partial charge < -0.3 is 14.4 Å². The van der Waals surface area contributed by atoms with E-state index in [4.69, 9.17) is 0 Å². The van der Waals surface area contributed by atoms with Gasteiger partial charge in [0.05, 0.1) is 12.4 Å². The summed E-state index contributed by atoms with van der Waals surface area (Å²) in [7, 11) is 0. The Balaban J connectivity index is 2.00. The summed E-state index contributed by atoms with van der Waals surface area (Å²) in [5.41, 5.74) is -0.108. The van der Waals surface area contributed by atoms with Gasteiger partial charge in [0.25, 0.3) is 11.9 Å². The molecule has 126 valence electrons. The van der Waals surface area contributed by atoms with E-state index in [-0.39, 0.29) is 23.5 Å². The van der Waals surface area contributed by atoms with Gasteiger partial charge in [-0.25, -0.2) is 4.39 Å². The van der Waals surface area contributed by atoms with Crippen LogP contribution >= 0.6 is 0 Å². The highest BCUT2D eigenvalue weighted by Crippen LogP contribution is 2.42. The van der Waals surface area contributed by atoms with Crippen LogP contribution in [-0.4, -0.2) is 16.1 Å². The molecule has 1 aromatic carbocycles. The van der Waals surface area contributed by atoms with Crippen molar-refractivity contribution in [1.29, 1.82) is 0 Å². The molecule has 1 aliphatic carbocycles. The standard InChI is InChI=1S/C18H18FNO4/c19-14-5-3-4-13(8-14)18(6-1-2-7-18)11-20-9-15(22)17(23)16(10-20)24-12-21/h3-5,8-10,12,22H,1-2,6-7,11H2. The van der Waals surface area contributed by atoms with Crippen LogP contribution in [0.3, 0.4) is 0 Å². The van der Waals surface area contributed by atoms with Gasteiger partial charge >= 0.3 is 0 Å². The number of pyridine rings is 1. The average Bonchev–Trinajstić information content (AvgIpc) is 3.02. The zero-order chi connectivity index (χ0) is 17.2. The molecule has 0 radical (unpaired) electrons. The summed E-state index contributed by atoms with van der Waals surface area (Å²) in [6.07, 6.45) is 6.54. The first-order valence-electron chi connectivity index (χ1n) is 7.83. The number of aromatic hydroxyl groups is 1. The summed E-state index contributed by atoms with van der Waals surface area (Å²) >= 11 is 0. The number of hydrogen-bond donors (Lipinski definition) is 1. The summed E-state index contributed by atoms with van der Waals surface area (Å²) in [6, 6.07) is 6.54. The Labute approximate surface area is 138 Å². The number of carbonyl (C=O) groups excluding carboxylic acids is 1. The van der Waals surface area contributed by atoms with Crippen molar-refractivity contribution in [3.05, 3.63) is 58.3 Å². The van der Waals surface area contributed by atoms with Crippen LogP contribution in [-0.2, 0) is 16.8 Å². The number of rotatable bonds is 5. The van der Waals surface area contributed by atoms with Gasteiger partial charge in [-0.3, -0.25) is 9.59 Å². The summed E-state index contributed by atoms with van der Waals surface area (Å²) in [5.74, 6) is -0.995. The lowest BCUT2D eigenvalue weighted by molar-refractivity contribution is -0.120. The highest BCUT2D eigenvalue weighted by atomic mass is 19.1. The van der Waals surface area contributed by atoms with Crippen molar-refractivity contribution in [3.8, 4) is 11.5 Å². The van der Waals surface area contributed by atoms with E-state index in [9.17, 15) is 19.1 Å². The molecule has 1 saturated carbocycles. The van der Waals surface area contributed by atoms with Crippen LogP contribution in [0.1, 0.15) is 31.2 Å². The molecule has 1 heterocycles. The number of halogens is 1. The number of benzene rings is 1. The van der Waals surface area contributed by atoms with Crippen LogP contribution in [0.2, 0.25) is 0 Å². The Bertz CT molecular complexity index is 809. The second kappa shape index (κ2) is 6.47. The molecule has 0 amide bonds.